The number of esters is 1. The van der Waals surface area contributed by atoms with Crippen molar-refractivity contribution in [1.82, 2.24) is 4.57 Å². The Hall–Kier alpha value is -3.81. The van der Waals surface area contributed by atoms with E-state index in [1.807, 2.05) is 0 Å². The molecule has 0 radical (unpaired) electrons. The Balaban J connectivity index is 1.72. The number of benzene rings is 3. The average Bonchev–Trinajstić information content (AvgIpc) is 2.88. The van der Waals surface area contributed by atoms with Crippen LogP contribution in [0.3, 0.4) is 0 Å². The molecule has 0 aliphatic carbocycles. The zero-order valence-electron chi connectivity index (χ0n) is 20.6. The molecule has 1 atom stereocenters. The number of ether oxygens (including phenoxy) is 2. The lowest BCUT2D eigenvalue weighted by molar-refractivity contribution is -0.123. The molecule has 190 valence electrons. The van der Waals surface area contributed by atoms with Gasteiger partial charge in [-0.2, -0.15) is 0 Å². The third-order valence-corrected chi connectivity index (χ3v) is 6.68. The maximum atomic E-state index is 13.5. The number of anilines is 1. The molecule has 0 saturated carbocycles. The van der Waals surface area contributed by atoms with Crippen molar-refractivity contribution in [3.63, 3.8) is 0 Å². The fourth-order valence-electron chi connectivity index (χ4n) is 4.05. The third kappa shape index (κ3) is 5.19. The third-order valence-electron chi connectivity index (χ3n) is 6.02. The highest BCUT2D eigenvalue weighted by Gasteiger charge is 2.27. The van der Waals surface area contributed by atoms with Crippen LogP contribution in [0, 0.1) is 6.92 Å². The number of rotatable bonds is 6. The van der Waals surface area contributed by atoms with E-state index in [4.69, 9.17) is 32.7 Å². The van der Waals surface area contributed by atoms with Crippen LogP contribution in [0.5, 0.6) is 5.75 Å². The normalized spacial score (nSPS) is 11.7. The van der Waals surface area contributed by atoms with Crippen molar-refractivity contribution in [3.05, 3.63) is 92.3 Å². The molecule has 4 rings (SSSR count). The van der Waals surface area contributed by atoms with E-state index < -0.39 is 18.0 Å². The van der Waals surface area contributed by atoms with Crippen LogP contribution in [0.1, 0.15) is 23.0 Å². The van der Waals surface area contributed by atoms with Crippen LogP contribution in [0.2, 0.25) is 10.0 Å². The van der Waals surface area contributed by atoms with Gasteiger partial charge in [0.2, 0.25) is 0 Å². The molecule has 1 N–H and O–H groups in total. The molecule has 1 aromatic heterocycles. The number of nitrogens with zero attached hydrogens (tertiary/aromatic N) is 1. The number of aromatic nitrogens is 1. The van der Waals surface area contributed by atoms with E-state index in [2.05, 4.69) is 5.32 Å². The summed E-state index contributed by atoms with van der Waals surface area (Å²) in [5, 5.41) is 4.76. The van der Waals surface area contributed by atoms with Gasteiger partial charge in [-0.05, 0) is 54.6 Å². The molecule has 7 nitrogen and oxygen atoms in total. The van der Waals surface area contributed by atoms with Crippen LogP contribution < -0.4 is 15.6 Å². The molecule has 0 aliphatic rings. The summed E-state index contributed by atoms with van der Waals surface area (Å²) >= 11 is 12.2. The van der Waals surface area contributed by atoms with Gasteiger partial charge in [-0.3, -0.25) is 9.59 Å². The Kier molecular flexibility index (Phi) is 7.57. The summed E-state index contributed by atoms with van der Waals surface area (Å²) < 4.78 is 12.1. The van der Waals surface area contributed by atoms with E-state index in [0.29, 0.717) is 43.4 Å². The highest BCUT2D eigenvalue weighted by molar-refractivity contribution is 6.31. The largest absolute Gasteiger partial charge is 0.495 e. The Morgan fingerprint density at radius 3 is 2.30 bits per heavy atom. The summed E-state index contributed by atoms with van der Waals surface area (Å²) in [5.41, 5.74) is 1.95. The van der Waals surface area contributed by atoms with Crippen LogP contribution in [-0.4, -0.2) is 29.7 Å². The number of carbonyl (C=O) groups excluding carboxylic acids is 2. The van der Waals surface area contributed by atoms with Gasteiger partial charge in [0.15, 0.2) is 6.10 Å². The zero-order valence-corrected chi connectivity index (χ0v) is 22.1. The minimum atomic E-state index is -1.19. The van der Waals surface area contributed by atoms with E-state index in [1.54, 1.807) is 67.6 Å². The molecule has 3 aromatic carbocycles. The number of nitrogens with one attached hydrogen (secondary N) is 1. The number of pyridine rings is 1. The molecular formula is C28H24Cl2N2O5. The van der Waals surface area contributed by atoms with Crippen LogP contribution in [0.4, 0.5) is 5.69 Å². The number of aryl methyl sites for hydroxylation is 1. The molecule has 37 heavy (non-hydrogen) atoms. The second-order valence-corrected chi connectivity index (χ2v) is 9.32. The lowest BCUT2D eigenvalue weighted by Gasteiger charge is -2.19. The number of halogens is 2. The molecule has 1 amide bonds. The van der Waals surface area contributed by atoms with Gasteiger partial charge < -0.3 is 19.4 Å². The van der Waals surface area contributed by atoms with E-state index in [1.165, 1.54) is 25.6 Å². The minimum absolute atomic E-state index is 0.0191. The van der Waals surface area contributed by atoms with Gasteiger partial charge in [-0.1, -0.05) is 53.5 Å². The van der Waals surface area contributed by atoms with E-state index in [-0.39, 0.29) is 11.3 Å². The lowest BCUT2D eigenvalue weighted by atomic mass is 9.96. The predicted octanol–water partition coefficient (Wildman–Crippen LogP) is 6.01. The highest BCUT2D eigenvalue weighted by Crippen LogP contribution is 2.33. The summed E-state index contributed by atoms with van der Waals surface area (Å²) in [6.07, 6.45) is -1.19. The molecule has 4 aromatic rings. The fourth-order valence-corrected chi connectivity index (χ4v) is 4.33. The summed E-state index contributed by atoms with van der Waals surface area (Å²) in [7, 11) is 2.95. The SMILES string of the molecule is COc1cc(Cl)c(C)cc1NC(=O)C(C)OC(=O)c1c(-c2ccc(Cl)cc2)c2ccccc2c(=O)n1C. The van der Waals surface area contributed by atoms with Gasteiger partial charge in [0.25, 0.3) is 11.5 Å². The van der Waals surface area contributed by atoms with Crippen molar-refractivity contribution in [2.24, 2.45) is 7.05 Å². The van der Waals surface area contributed by atoms with Crippen molar-refractivity contribution in [1.29, 1.82) is 0 Å². The summed E-state index contributed by atoms with van der Waals surface area (Å²) in [6.45, 7) is 3.24. The maximum Gasteiger partial charge on any atom is 0.356 e. The summed E-state index contributed by atoms with van der Waals surface area (Å²) in [5.74, 6) is -1.03. The van der Waals surface area contributed by atoms with Crippen molar-refractivity contribution in [3.8, 4) is 16.9 Å². The first-order valence-corrected chi connectivity index (χ1v) is 12.1. The first-order valence-electron chi connectivity index (χ1n) is 11.4. The second-order valence-electron chi connectivity index (χ2n) is 8.48. The van der Waals surface area contributed by atoms with Crippen LogP contribution in [0.25, 0.3) is 21.9 Å². The highest BCUT2D eigenvalue weighted by atomic mass is 35.5. The monoisotopic (exact) mass is 538 g/mol. The molecule has 0 saturated heterocycles. The zero-order chi connectivity index (χ0) is 26.9. The van der Waals surface area contributed by atoms with Crippen LogP contribution >= 0.6 is 23.2 Å². The Morgan fingerprint density at radius 2 is 1.65 bits per heavy atom. The van der Waals surface area contributed by atoms with Crippen molar-refractivity contribution < 1.29 is 19.1 Å². The first-order chi connectivity index (χ1) is 17.6. The van der Waals surface area contributed by atoms with Crippen molar-refractivity contribution in [2.45, 2.75) is 20.0 Å². The van der Waals surface area contributed by atoms with Gasteiger partial charge >= 0.3 is 5.97 Å². The molecule has 1 unspecified atom stereocenters. The average molecular weight is 539 g/mol. The van der Waals surface area contributed by atoms with Gasteiger partial charge in [-0.15, -0.1) is 0 Å². The standard InChI is InChI=1S/C28H24Cl2N2O5/c1-15-13-22(23(36-4)14-21(15)30)31-26(33)16(2)37-28(35)25-24(17-9-11-18(29)12-10-17)19-7-5-6-8-20(19)27(34)32(25)3/h5-14,16H,1-4H3,(H,31,33). The molecule has 0 fully saturated rings. The Bertz CT molecular complexity index is 1580. The first kappa shape index (κ1) is 26.3. The van der Waals surface area contributed by atoms with Crippen molar-refractivity contribution >= 4 is 51.5 Å². The van der Waals surface area contributed by atoms with Gasteiger partial charge in [0.1, 0.15) is 11.4 Å². The summed E-state index contributed by atoms with van der Waals surface area (Å²) in [6, 6.07) is 17.2. The number of fused-ring (bicyclic) bond motifs is 1. The minimum Gasteiger partial charge on any atom is -0.495 e. The molecular weight excluding hydrogens is 515 g/mol. The fraction of sp³-hybridized carbons (Fsp3) is 0.179. The Labute approximate surface area is 223 Å². The van der Waals surface area contributed by atoms with Crippen molar-refractivity contribution in [2.75, 3.05) is 12.4 Å². The molecule has 9 heteroatoms. The quantitative estimate of drug-likeness (QED) is 0.303. The number of carbonyl (C=O) groups is 2. The number of methoxy groups -OCH3 is 1. The molecule has 0 bridgehead atoms. The van der Waals surface area contributed by atoms with Gasteiger partial charge in [0.05, 0.1) is 12.8 Å². The van der Waals surface area contributed by atoms with Crippen LogP contribution in [0.15, 0.2) is 65.5 Å². The topological polar surface area (TPSA) is 86.6 Å². The lowest BCUT2D eigenvalue weighted by Crippen LogP contribution is -2.33. The number of hydrogen-bond donors (Lipinski definition) is 1. The van der Waals surface area contributed by atoms with E-state index in [0.717, 1.165) is 5.56 Å². The molecule has 0 aliphatic heterocycles. The predicted molar refractivity (Wildman–Crippen MR) is 146 cm³/mol. The van der Waals surface area contributed by atoms with E-state index in [9.17, 15) is 14.4 Å². The molecule has 0 spiro atoms. The molecule has 1 heterocycles. The van der Waals surface area contributed by atoms with Crippen LogP contribution in [-0.2, 0) is 16.6 Å². The van der Waals surface area contributed by atoms with Gasteiger partial charge in [-0.25, -0.2) is 4.79 Å². The Morgan fingerprint density at radius 1 is 1.00 bits per heavy atom. The second kappa shape index (κ2) is 10.7. The van der Waals surface area contributed by atoms with E-state index >= 15 is 0 Å². The smallest absolute Gasteiger partial charge is 0.356 e. The maximum absolute atomic E-state index is 13.5. The number of hydrogen-bond acceptors (Lipinski definition) is 5. The number of amides is 1. The van der Waals surface area contributed by atoms with Gasteiger partial charge in [0, 0.05) is 34.1 Å². The summed E-state index contributed by atoms with van der Waals surface area (Å²) in [4.78, 5) is 39.5.